The molecule has 0 saturated carbocycles. The lowest BCUT2D eigenvalue weighted by molar-refractivity contribution is 0.356. The second-order valence-corrected chi connectivity index (χ2v) is 11.0. The molecule has 10 nitrogen and oxygen atoms in total. The average Bonchev–Trinajstić information content (AvgIpc) is 3.04. The van der Waals surface area contributed by atoms with Crippen molar-refractivity contribution < 1.29 is 18.9 Å². The Labute approximate surface area is 271 Å². The third kappa shape index (κ3) is 7.09. The van der Waals surface area contributed by atoms with Gasteiger partial charge in [0.15, 0.2) is 23.0 Å². The lowest BCUT2D eigenvalue weighted by Gasteiger charge is -2.12. The zero-order valence-corrected chi connectivity index (χ0v) is 27.4. The smallest absolute Gasteiger partial charge is 0.162 e. The van der Waals surface area contributed by atoms with Crippen LogP contribution in [0.4, 0.5) is 23.0 Å². The van der Waals surface area contributed by atoms with Gasteiger partial charge in [0.05, 0.1) is 39.5 Å². The van der Waals surface area contributed by atoms with Gasteiger partial charge < -0.3 is 29.6 Å². The Kier molecular flexibility index (Phi) is 9.93. The van der Waals surface area contributed by atoms with Gasteiger partial charge in [-0.25, -0.2) is 19.9 Å². The number of ether oxygens (including phenoxy) is 4. The topological polar surface area (TPSA) is 113 Å². The van der Waals surface area contributed by atoms with Crippen molar-refractivity contribution in [3.05, 3.63) is 94.4 Å². The van der Waals surface area contributed by atoms with Crippen molar-refractivity contribution in [2.24, 2.45) is 0 Å². The molecule has 0 spiro atoms. The molecule has 6 aromatic rings. The predicted octanol–water partition coefficient (Wildman–Crippen LogP) is 8.31. The zero-order chi connectivity index (χ0) is 31.1. The van der Waals surface area contributed by atoms with E-state index in [4.69, 9.17) is 18.9 Å². The van der Waals surface area contributed by atoms with Crippen molar-refractivity contribution in [1.29, 1.82) is 0 Å². The molecule has 0 radical (unpaired) electrons. The molecule has 2 aromatic heterocycles. The van der Waals surface area contributed by atoms with E-state index in [-0.39, 0.29) is 0 Å². The first-order valence-corrected chi connectivity index (χ1v) is 14.8. The highest BCUT2D eigenvalue weighted by molar-refractivity contribution is 9.10. The molecular formula is C32H28Br2N6O4. The van der Waals surface area contributed by atoms with Gasteiger partial charge in [-0.05, 0) is 48.5 Å². The molecule has 0 aliphatic carbocycles. The van der Waals surface area contributed by atoms with Crippen molar-refractivity contribution in [3.8, 4) is 23.0 Å². The van der Waals surface area contributed by atoms with E-state index >= 15 is 0 Å². The van der Waals surface area contributed by atoms with E-state index in [0.717, 1.165) is 42.1 Å². The molecule has 2 heterocycles. The van der Waals surface area contributed by atoms with E-state index in [9.17, 15) is 0 Å². The lowest BCUT2D eigenvalue weighted by Crippen LogP contribution is -1.98. The minimum atomic E-state index is 0.641. The summed E-state index contributed by atoms with van der Waals surface area (Å²) in [6.45, 7) is 0. The summed E-state index contributed by atoms with van der Waals surface area (Å²) in [5.41, 5.74) is 3.43. The number of anilines is 4. The molecule has 44 heavy (non-hydrogen) atoms. The fraction of sp³-hybridized carbons (Fsp3) is 0.125. The van der Waals surface area contributed by atoms with Crippen molar-refractivity contribution >= 4 is 76.7 Å². The Morgan fingerprint density at radius 2 is 0.886 bits per heavy atom. The van der Waals surface area contributed by atoms with Crippen LogP contribution in [0, 0.1) is 0 Å². The number of nitrogens with one attached hydrogen (secondary N) is 2. The lowest BCUT2D eigenvalue weighted by atomic mass is 10.2. The van der Waals surface area contributed by atoms with E-state index in [1.54, 1.807) is 28.4 Å². The highest BCUT2D eigenvalue weighted by Crippen LogP contribution is 2.36. The van der Waals surface area contributed by atoms with Crippen LogP contribution in [0.1, 0.15) is 0 Å². The molecule has 224 valence electrons. The van der Waals surface area contributed by atoms with Gasteiger partial charge in [-0.3, -0.25) is 0 Å². The molecule has 0 bridgehead atoms. The molecule has 0 aliphatic rings. The third-order valence-corrected chi connectivity index (χ3v) is 7.44. The van der Waals surface area contributed by atoms with Crippen LogP contribution in [0.25, 0.3) is 21.8 Å². The van der Waals surface area contributed by atoms with Crippen molar-refractivity contribution in [2.45, 2.75) is 0 Å². The number of fused-ring (bicyclic) bond motifs is 2. The van der Waals surface area contributed by atoms with Crippen molar-refractivity contribution in [1.82, 2.24) is 19.9 Å². The highest BCUT2D eigenvalue weighted by Gasteiger charge is 2.12. The minimum Gasteiger partial charge on any atom is -0.493 e. The Hall–Kier alpha value is -4.68. The van der Waals surface area contributed by atoms with Gasteiger partial charge in [-0.2, -0.15) is 0 Å². The third-order valence-electron chi connectivity index (χ3n) is 6.46. The van der Waals surface area contributed by atoms with Crippen molar-refractivity contribution in [2.75, 3.05) is 39.1 Å². The van der Waals surface area contributed by atoms with Crippen LogP contribution < -0.4 is 29.6 Å². The first kappa shape index (κ1) is 30.8. The number of hydrogen-bond donors (Lipinski definition) is 2. The normalized spacial score (nSPS) is 10.5. The van der Waals surface area contributed by atoms with Gasteiger partial charge in [0.25, 0.3) is 0 Å². The molecule has 0 atom stereocenters. The van der Waals surface area contributed by atoms with Gasteiger partial charge in [0.2, 0.25) is 0 Å². The largest absolute Gasteiger partial charge is 0.493 e. The summed E-state index contributed by atoms with van der Waals surface area (Å²) in [5, 5.41) is 8.32. The molecule has 4 aromatic carbocycles. The summed E-state index contributed by atoms with van der Waals surface area (Å²) >= 11 is 6.92. The Balaban J connectivity index is 0.000000175. The minimum absolute atomic E-state index is 0.641. The first-order valence-electron chi connectivity index (χ1n) is 13.2. The quantitative estimate of drug-likeness (QED) is 0.159. The van der Waals surface area contributed by atoms with Gasteiger partial charge in [-0.15, -0.1) is 0 Å². The Morgan fingerprint density at radius 3 is 1.25 bits per heavy atom. The van der Waals surface area contributed by atoms with Gasteiger partial charge in [0, 0.05) is 43.2 Å². The fourth-order valence-electron chi connectivity index (χ4n) is 4.37. The SMILES string of the molecule is COc1cc2ncnc(Nc3cccc(Br)c3)c2cc1OC.COc1cc2ncnc(Nc3cccc(Br)c3)c2cc1OC. The Bertz CT molecular complexity index is 1790. The number of nitrogens with zero attached hydrogens (tertiary/aromatic N) is 4. The maximum atomic E-state index is 5.35. The highest BCUT2D eigenvalue weighted by atomic mass is 79.9. The molecule has 0 saturated heterocycles. The van der Waals surface area contributed by atoms with Crippen LogP contribution in [0.5, 0.6) is 23.0 Å². The number of halogens is 2. The number of rotatable bonds is 8. The van der Waals surface area contributed by atoms with E-state index < -0.39 is 0 Å². The standard InChI is InChI=1S/2C16H14BrN3O2/c2*1-21-14-7-12-13(8-15(14)22-2)18-9-19-16(12)20-11-5-3-4-10(17)6-11/h2*3-9H,1-2H3,(H,18,19,20). The van der Waals surface area contributed by atoms with Crippen LogP contribution in [-0.4, -0.2) is 48.4 Å². The summed E-state index contributed by atoms with van der Waals surface area (Å²) in [5.74, 6) is 3.99. The maximum Gasteiger partial charge on any atom is 0.162 e. The zero-order valence-electron chi connectivity index (χ0n) is 24.3. The number of benzene rings is 4. The molecule has 0 amide bonds. The molecule has 6 rings (SSSR count). The van der Waals surface area contributed by atoms with Gasteiger partial charge in [0.1, 0.15) is 24.3 Å². The van der Waals surface area contributed by atoms with Crippen LogP contribution >= 0.6 is 31.9 Å². The Morgan fingerprint density at radius 1 is 0.500 bits per heavy atom. The van der Waals surface area contributed by atoms with E-state index in [2.05, 4.69) is 62.4 Å². The summed E-state index contributed by atoms with van der Waals surface area (Å²) in [4.78, 5) is 17.2. The van der Waals surface area contributed by atoms with Crippen LogP contribution in [0.3, 0.4) is 0 Å². The predicted molar refractivity (Wildman–Crippen MR) is 180 cm³/mol. The second kappa shape index (κ2) is 14.2. The van der Waals surface area contributed by atoms with Gasteiger partial charge >= 0.3 is 0 Å². The second-order valence-electron chi connectivity index (χ2n) is 9.16. The summed E-state index contributed by atoms with van der Waals surface area (Å²) in [7, 11) is 6.42. The van der Waals surface area contributed by atoms with Crippen LogP contribution in [0.15, 0.2) is 94.4 Å². The van der Waals surface area contributed by atoms with E-state index in [1.165, 1.54) is 12.7 Å². The number of aromatic nitrogens is 4. The summed E-state index contributed by atoms with van der Waals surface area (Å²) in [6.07, 6.45) is 3.04. The average molecular weight is 720 g/mol. The summed E-state index contributed by atoms with van der Waals surface area (Å²) < 4.78 is 23.3. The van der Waals surface area contributed by atoms with E-state index in [0.29, 0.717) is 34.6 Å². The van der Waals surface area contributed by atoms with Crippen LogP contribution in [-0.2, 0) is 0 Å². The molecule has 12 heteroatoms. The van der Waals surface area contributed by atoms with Crippen molar-refractivity contribution in [3.63, 3.8) is 0 Å². The molecular weight excluding hydrogens is 692 g/mol. The van der Waals surface area contributed by atoms with Crippen LogP contribution in [0.2, 0.25) is 0 Å². The van der Waals surface area contributed by atoms with Gasteiger partial charge in [-0.1, -0.05) is 44.0 Å². The molecule has 0 unspecified atom stereocenters. The first-order chi connectivity index (χ1) is 21.4. The fourth-order valence-corrected chi connectivity index (χ4v) is 5.17. The molecule has 0 fully saturated rings. The summed E-state index contributed by atoms with van der Waals surface area (Å²) in [6, 6.07) is 23.2. The molecule has 2 N–H and O–H groups in total. The number of methoxy groups -OCH3 is 4. The van der Waals surface area contributed by atoms with E-state index in [1.807, 2.05) is 72.8 Å². The monoisotopic (exact) mass is 718 g/mol. The number of hydrogen-bond acceptors (Lipinski definition) is 10. The maximum absolute atomic E-state index is 5.35. The molecule has 0 aliphatic heterocycles.